The molecule has 1 spiro atoms. The van der Waals surface area contributed by atoms with Crippen LogP contribution < -0.4 is 0 Å². The molecule has 0 aromatic carbocycles. The van der Waals surface area contributed by atoms with E-state index >= 15 is 0 Å². The Hall–Kier alpha value is -1.33. The van der Waals surface area contributed by atoms with Crippen LogP contribution in [0.25, 0.3) is 0 Å². The minimum Gasteiger partial charge on any atom is -0.465 e. The molecule has 5 nitrogen and oxygen atoms in total. The average Bonchev–Trinajstić information content (AvgIpc) is 3.27. The van der Waals surface area contributed by atoms with Crippen LogP contribution in [0.2, 0.25) is 0 Å². The number of rotatable bonds is 4. The maximum atomic E-state index is 12.1. The van der Waals surface area contributed by atoms with E-state index in [4.69, 9.17) is 9.15 Å². The molecule has 4 rings (SSSR count). The Balaban J connectivity index is 1.33. The van der Waals surface area contributed by atoms with E-state index in [9.17, 15) is 4.79 Å². The van der Waals surface area contributed by atoms with Gasteiger partial charge in [-0.1, -0.05) is 0 Å². The van der Waals surface area contributed by atoms with Crippen molar-refractivity contribution in [2.45, 2.75) is 44.8 Å². The first kappa shape index (κ1) is 15.2. The molecule has 0 atom stereocenters. The number of carbonyl (C=O) groups is 1. The summed E-state index contributed by atoms with van der Waals surface area (Å²) >= 11 is 0. The quantitative estimate of drug-likeness (QED) is 0.854. The Bertz CT molecular complexity index is 571. The number of piperidine rings is 1. The number of furan rings is 1. The Labute approximate surface area is 137 Å². The van der Waals surface area contributed by atoms with Gasteiger partial charge in [-0.05, 0) is 50.7 Å². The molecule has 0 unspecified atom stereocenters. The van der Waals surface area contributed by atoms with Gasteiger partial charge < -0.3 is 14.1 Å². The Kier molecular flexibility index (Phi) is 3.93. The molecule has 2 saturated heterocycles. The molecule has 2 aliphatic heterocycles. The van der Waals surface area contributed by atoms with Crippen LogP contribution in [0.4, 0.5) is 0 Å². The summed E-state index contributed by atoms with van der Waals surface area (Å²) in [6.45, 7) is 6.86. The Morgan fingerprint density at radius 3 is 2.70 bits per heavy atom. The van der Waals surface area contributed by atoms with Crippen LogP contribution in [0.3, 0.4) is 0 Å². The van der Waals surface area contributed by atoms with Gasteiger partial charge in [-0.2, -0.15) is 0 Å². The van der Waals surface area contributed by atoms with Gasteiger partial charge in [-0.15, -0.1) is 0 Å². The van der Waals surface area contributed by atoms with Crippen LogP contribution in [0.15, 0.2) is 16.5 Å². The monoisotopic (exact) mass is 318 g/mol. The number of ether oxygens (including phenoxy) is 1. The van der Waals surface area contributed by atoms with E-state index in [1.165, 1.54) is 12.8 Å². The van der Waals surface area contributed by atoms with Gasteiger partial charge in [0.05, 0.1) is 12.1 Å². The lowest BCUT2D eigenvalue weighted by atomic mass is 9.89. The predicted octanol–water partition coefficient (Wildman–Crippen LogP) is 2.19. The van der Waals surface area contributed by atoms with Crippen LogP contribution >= 0.6 is 0 Å². The molecule has 3 heterocycles. The molecular formula is C18H26N2O3. The first-order valence-corrected chi connectivity index (χ1v) is 8.81. The molecule has 3 aliphatic rings. The van der Waals surface area contributed by atoms with E-state index in [-0.39, 0.29) is 18.1 Å². The number of likely N-dealkylation sites (tertiary alicyclic amines) is 1. The highest BCUT2D eigenvalue weighted by Crippen LogP contribution is 2.35. The molecule has 126 valence electrons. The molecule has 1 amide bonds. The molecular weight excluding hydrogens is 292 g/mol. The van der Waals surface area contributed by atoms with Crippen LogP contribution in [0.1, 0.15) is 37.2 Å². The minimum atomic E-state index is -0.113. The van der Waals surface area contributed by atoms with Crippen molar-refractivity contribution in [3.05, 3.63) is 23.7 Å². The number of hydrogen-bond acceptors (Lipinski definition) is 4. The summed E-state index contributed by atoms with van der Waals surface area (Å²) in [6.07, 6.45) is 4.57. The van der Waals surface area contributed by atoms with Crippen molar-refractivity contribution in [3.8, 4) is 0 Å². The highest BCUT2D eigenvalue weighted by Gasteiger charge is 2.43. The molecule has 1 saturated carbocycles. The van der Waals surface area contributed by atoms with E-state index in [0.717, 1.165) is 63.0 Å². The predicted molar refractivity (Wildman–Crippen MR) is 85.9 cm³/mol. The molecule has 5 heteroatoms. The third kappa shape index (κ3) is 3.45. The third-order valence-corrected chi connectivity index (χ3v) is 5.45. The summed E-state index contributed by atoms with van der Waals surface area (Å²) in [5.41, 5.74) is -0.113. The summed E-state index contributed by atoms with van der Waals surface area (Å²) < 4.78 is 11.7. The maximum Gasteiger partial charge on any atom is 0.248 e. The number of nitrogens with zero attached hydrogens (tertiary/aromatic N) is 2. The van der Waals surface area contributed by atoms with Crippen LogP contribution in [0, 0.1) is 12.8 Å². The van der Waals surface area contributed by atoms with E-state index in [1.54, 1.807) is 0 Å². The van der Waals surface area contributed by atoms with Gasteiger partial charge in [0, 0.05) is 26.2 Å². The van der Waals surface area contributed by atoms with E-state index in [0.29, 0.717) is 0 Å². The molecule has 23 heavy (non-hydrogen) atoms. The summed E-state index contributed by atoms with van der Waals surface area (Å²) in [4.78, 5) is 16.6. The number of morpholine rings is 1. The number of carbonyl (C=O) groups excluding carboxylic acids is 1. The van der Waals surface area contributed by atoms with Gasteiger partial charge in [-0.3, -0.25) is 9.69 Å². The summed E-state index contributed by atoms with van der Waals surface area (Å²) in [6, 6.07) is 4.08. The Morgan fingerprint density at radius 1 is 1.26 bits per heavy atom. The van der Waals surface area contributed by atoms with Gasteiger partial charge in [0.2, 0.25) is 5.91 Å². The molecule has 0 bridgehead atoms. The lowest BCUT2D eigenvalue weighted by Gasteiger charge is -2.47. The van der Waals surface area contributed by atoms with Gasteiger partial charge in [0.1, 0.15) is 18.1 Å². The highest BCUT2D eigenvalue weighted by molar-refractivity contribution is 5.78. The fourth-order valence-corrected chi connectivity index (χ4v) is 3.78. The summed E-state index contributed by atoms with van der Waals surface area (Å²) in [7, 11) is 0. The SMILES string of the molecule is Cc1ccc(CN2CCC3(CC2)CN(CC2CC2)C(=O)CO3)o1. The number of amides is 1. The van der Waals surface area contributed by atoms with Gasteiger partial charge in [-0.25, -0.2) is 0 Å². The van der Waals surface area contributed by atoms with Crippen molar-refractivity contribution < 1.29 is 13.9 Å². The lowest BCUT2D eigenvalue weighted by molar-refractivity contribution is -0.172. The molecule has 1 aromatic rings. The highest BCUT2D eigenvalue weighted by atomic mass is 16.5. The zero-order valence-electron chi connectivity index (χ0n) is 13.9. The fraction of sp³-hybridized carbons (Fsp3) is 0.722. The summed E-state index contributed by atoms with van der Waals surface area (Å²) in [5, 5.41) is 0. The smallest absolute Gasteiger partial charge is 0.248 e. The molecule has 0 radical (unpaired) electrons. The second kappa shape index (κ2) is 5.95. The number of hydrogen-bond donors (Lipinski definition) is 0. The maximum absolute atomic E-state index is 12.1. The minimum absolute atomic E-state index is 0.113. The average molecular weight is 318 g/mol. The standard InChI is InChI=1S/C18H26N2O3/c1-14-2-5-16(23-14)11-19-8-6-18(7-9-19)13-20(10-15-3-4-15)17(21)12-22-18/h2,5,15H,3-4,6-13H2,1H3. The normalized spacial score (nSPS) is 25.3. The zero-order valence-corrected chi connectivity index (χ0v) is 13.9. The molecule has 0 N–H and O–H groups in total. The number of aryl methyl sites for hydroxylation is 1. The van der Waals surface area contributed by atoms with Crippen LogP contribution in [-0.2, 0) is 16.1 Å². The van der Waals surface area contributed by atoms with Crippen molar-refractivity contribution in [1.82, 2.24) is 9.80 Å². The fourth-order valence-electron chi connectivity index (χ4n) is 3.78. The van der Waals surface area contributed by atoms with Crippen molar-refractivity contribution in [3.63, 3.8) is 0 Å². The molecule has 1 aromatic heterocycles. The van der Waals surface area contributed by atoms with Crippen molar-refractivity contribution in [2.75, 3.05) is 32.8 Å². The van der Waals surface area contributed by atoms with Gasteiger partial charge in [0.25, 0.3) is 0 Å². The molecule has 3 fully saturated rings. The van der Waals surface area contributed by atoms with Crippen molar-refractivity contribution >= 4 is 5.91 Å². The lowest BCUT2D eigenvalue weighted by Crippen LogP contribution is -2.58. The van der Waals surface area contributed by atoms with E-state index < -0.39 is 0 Å². The van der Waals surface area contributed by atoms with E-state index in [1.807, 2.05) is 13.0 Å². The topological polar surface area (TPSA) is 45.9 Å². The molecule has 1 aliphatic carbocycles. The second-order valence-electron chi connectivity index (χ2n) is 7.48. The van der Waals surface area contributed by atoms with Crippen LogP contribution in [-0.4, -0.2) is 54.1 Å². The first-order valence-electron chi connectivity index (χ1n) is 8.81. The first-order chi connectivity index (χ1) is 11.1. The van der Waals surface area contributed by atoms with Crippen LogP contribution in [0.5, 0.6) is 0 Å². The summed E-state index contributed by atoms with van der Waals surface area (Å²) in [5.74, 6) is 2.93. The Morgan fingerprint density at radius 2 is 2.04 bits per heavy atom. The van der Waals surface area contributed by atoms with Gasteiger partial charge >= 0.3 is 0 Å². The van der Waals surface area contributed by atoms with Gasteiger partial charge in [0.15, 0.2) is 0 Å². The van der Waals surface area contributed by atoms with E-state index in [2.05, 4.69) is 15.9 Å². The largest absolute Gasteiger partial charge is 0.465 e. The zero-order chi connectivity index (χ0) is 15.9. The third-order valence-electron chi connectivity index (χ3n) is 5.45. The van der Waals surface area contributed by atoms with Crippen molar-refractivity contribution in [2.24, 2.45) is 5.92 Å². The van der Waals surface area contributed by atoms with Crippen molar-refractivity contribution in [1.29, 1.82) is 0 Å². The second-order valence-corrected chi connectivity index (χ2v) is 7.48.